The molecule has 4 rings (SSSR count). The van der Waals surface area contributed by atoms with Gasteiger partial charge in [0.2, 0.25) is 0 Å². The van der Waals surface area contributed by atoms with E-state index in [1.54, 1.807) is 37.4 Å². The molecule has 1 amide bonds. The first-order valence-corrected chi connectivity index (χ1v) is 9.14. The van der Waals surface area contributed by atoms with Gasteiger partial charge in [-0.15, -0.1) is 0 Å². The number of aryl methyl sites for hydroxylation is 1. The van der Waals surface area contributed by atoms with Gasteiger partial charge in [0.1, 0.15) is 5.75 Å². The van der Waals surface area contributed by atoms with E-state index >= 15 is 0 Å². The molecule has 0 saturated carbocycles. The minimum atomic E-state index is -3.85. The largest absolute Gasteiger partial charge is 0.454 e. The number of rotatable bonds is 3. The van der Waals surface area contributed by atoms with E-state index in [-0.39, 0.29) is 22.2 Å². The number of nitrogens with zero attached hydrogens (tertiary/aromatic N) is 2. The standard InChI is InChI=1S/C17H14N4O4S/c1-21-9-16(18-10-21)26(23,24)20-11-6-7-14-12(8-11)17(22)19-13-4-2-3-5-15(13)25-14/h2-10,20H,1H3,(H,19,22). The van der Waals surface area contributed by atoms with Crippen molar-refractivity contribution in [1.29, 1.82) is 0 Å². The Morgan fingerprint density at radius 1 is 1.15 bits per heavy atom. The number of benzene rings is 2. The van der Waals surface area contributed by atoms with Crippen molar-refractivity contribution >= 4 is 27.3 Å². The molecule has 0 aliphatic carbocycles. The number of amides is 1. The molecule has 1 aliphatic rings. The van der Waals surface area contributed by atoms with Crippen molar-refractivity contribution in [2.45, 2.75) is 5.03 Å². The van der Waals surface area contributed by atoms with Crippen molar-refractivity contribution in [2.75, 3.05) is 10.0 Å². The van der Waals surface area contributed by atoms with Crippen molar-refractivity contribution in [3.8, 4) is 11.5 Å². The van der Waals surface area contributed by atoms with Gasteiger partial charge in [0, 0.05) is 18.9 Å². The summed E-state index contributed by atoms with van der Waals surface area (Å²) in [7, 11) is -2.18. The summed E-state index contributed by atoms with van der Waals surface area (Å²) in [6.45, 7) is 0. The van der Waals surface area contributed by atoms with Gasteiger partial charge in [-0.2, -0.15) is 8.42 Å². The third-order valence-electron chi connectivity index (χ3n) is 3.79. The van der Waals surface area contributed by atoms with E-state index in [4.69, 9.17) is 4.74 Å². The van der Waals surface area contributed by atoms with Gasteiger partial charge in [-0.25, -0.2) is 4.98 Å². The van der Waals surface area contributed by atoms with Crippen LogP contribution < -0.4 is 14.8 Å². The molecule has 26 heavy (non-hydrogen) atoms. The maximum Gasteiger partial charge on any atom is 0.280 e. The Morgan fingerprint density at radius 3 is 2.73 bits per heavy atom. The lowest BCUT2D eigenvalue weighted by Crippen LogP contribution is -2.15. The number of hydrogen-bond acceptors (Lipinski definition) is 5. The van der Waals surface area contributed by atoms with E-state index < -0.39 is 10.0 Å². The molecule has 0 saturated heterocycles. The second-order valence-corrected chi connectivity index (χ2v) is 7.38. The Hall–Kier alpha value is -3.33. The fourth-order valence-electron chi connectivity index (χ4n) is 2.56. The molecule has 0 radical (unpaired) electrons. The summed E-state index contributed by atoms with van der Waals surface area (Å²) in [4.78, 5) is 16.3. The minimum absolute atomic E-state index is 0.108. The number of hydrogen-bond donors (Lipinski definition) is 2. The average molecular weight is 370 g/mol. The van der Waals surface area contributed by atoms with E-state index in [2.05, 4.69) is 15.0 Å². The van der Waals surface area contributed by atoms with Crippen LogP contribution in [0.5, 0.6) is 11.5 Å². The molecule has 3 aromatic rings. The summed E-state index contributed by atoms with van der Waals surface area (Å²) in [5, 5.41) is 2.64. The summed E-state index contributed by atoms with van der Waals surface area (Å²) >= 11 is 0. The molecule has 1 aliphatic heterocycles. The lowest BCUT2D eigenvalue weighted by Gasteiger charge is -2.10. The van der Waals surface area contributed by atoms with Gasteiger partial charge in [0.05, 0.1) is 17.6 Å². The third kappa shape index (κ3) is 2.88. The molecule has 2 heterocycles. The maximum atomic E-state index is 12.5. The van der Waals surface area contributed by atoms with Crippen molar-refractivity contribution in [3.63, 3.8) is 0 Å². The Morgan fingerprint density at radius 2 is 1.96 bits per heavy atom. The lowest BCUT2D eigenvalue weighted by atomic mass is 10.1. The quantitative estimate of drug-likeness (QED) is 0.738. The first kappa shape index (κ1) is 16.2. The Balaban J connectivity index is 1.68. The fraction of sp³-hybridized carbons (Fsp3) is 0.0588. The number of sulfonamides is 1. The molecule has 0 bridgehead atoms. The molecule has 0 spiro atoms. The molecule has 2 N–H and O–H groups in total. The van der Waals surface area contributed by atoms with Gasteiger partial charge in [-0.05, 0) is 30.3 Å². The molecular formula is C17H14N4O4S. The molecule has 0 unspecified atom stereocenters. The highest BCUT2D eigenvalue weighted by Gasteiger charge is 2.23. The maximum absolute atomic E-state index is 12.5. The minimum Gasteiger partial charge on any atom is -0.454 e. The van der Waals surface area contributed by atoms with Crippen LogP contribution in [-0.4, -0.2) is 23.9 Å². The Bertz CT molecular complexity index is 1120. The molecule has 2 aromatic carbocycles. The third-order valence-corrected chi connectivity index (χ3v) is 5.05. The van der Waals surface area contributed by atoms with Gasteiger partial charge in [-0.1, -0.05) is 12.1 Å². The number of nitrogens with one attached hydrogen (secondary N) is 2. The highest BCUT2D eigenvalue weighted by Crippen LogP contribution is 2.36. The van der Waals surface area contributed by atoms with Crippen LogP contribution in [0.25, 0.3) is 0 Å². The SMILES string of the molecule is Cn1cnc(S(=O)(=O)Nc2ccc3c(c2)C(=O)Nc2ccccc2O3)c1. The van der Waals surface area contributed by atoms with Gasteiger partial charge in [-0.3, -0.25) is 9.52 Å². The van der Waals surface area contributed by atoms with Crippen molar-refractivity contribution < 1.29 is 17.9 Å². The monoisotopic (exact) mass is 370 g/mol. The predicted molar refractivity (Wildman–Crippen MR) is 94.9 cm³/mol. The van der Waals surface area contributed by atoms with Crippen LogP contribution in [-0.2, 0) is 17.1 Å². The van der Waals surface area contributed by atoms with Crippen molar-refractivity contribution in [3.05, 3.63) is 60.6 Å². The number of aromatic nitrogens is 2. The number of fused-ring (bicyclic) bond motifs is 2. The highest BCUT2D eigenvalue weighted by atomic mass is 32.2. The van der Waals surface area contributed by atoms with Gasteiger partial charge in [0.15, 0.2) is 10.8 Å². The fourth-order valence-corrected chi connectivity index (χ4v) is 3.59. The summed E-state index contributed by atoms with van der Waals surface area (Å²) in [5.74, 6) is 0.471. The summed E-state index contributed by atoms with van der Waals surface area (Å²) in [6, 6.07) is 11.5. The number of para-hydroxylation sites is 2. The number of ether oxygens (including phenoxy) is 1. The molecule has 8 nitrogen and oxygen atoms in total. The number of carbonyl (C=O) groups is 1. The van der Waals surface area contributed by atoms with Crippen molar-refractivity contribution in [2.24, 2.45) is 7.05 Å². The summed E-state index contributed by atoms with van der Waals surface area (Å²) in [6.07, 6.45) is 2.78. The molecule has 0 fully saturated rings. The smallest absolute Gasteiger partial charge is 0.280 e. The normalized spacial score (nSPS) is 13.0. The van der Waals surface area contributed by atoms with Crippen LogP contribution in [0, 0.1) is 0 Å². The van der Waals surface area contributed by atoms with Crippen LogP contribution in [0.2, 0.25) is 0 Å². The van der Waals surface area contributed by atoms with Gasteiger partial charge in [0.25, 0.3) is 15.9 Å². The van der Waals surface area contributed by atoms with Crippen LogP contribution in [0.15, 0.2) is 60.0 Å². The number of imidazole rings is 1. The lowest BCUT2D eigenvalue weighted by molar-refractivity contribution is 0.102. The first-order chi connectivity index (χ1) is 12.4. The van der Waals surface area contributed by atoms with Crippen LogP contribution in [0.1, 0.15) is 10.4 Å². The molecule has 1 aromatic heterocycles. The Kier molecular flexibility index (Phi) is 3.66. The zero-order valence-electron chi connectivity index (χ0n) is 13.6. The summed E-state index contributed by atoms with van der Waals surface area (Å²) in [5.41, 5.74) is 1.01. The molecule has 0 atom stereocenters. The van der Waals surface area contributed by atoms with Crippen LogP contribution in [0.4, 0.5) is 11.4 Å². The molecule has 132 valence electrons. The van der Waals surface area contributed by atoms with E-state index in [9.17, 15) is 13.2 Å². The average Bonchev–Trinajstić information content (AvgIpc) is 2.99. The molecule has 9 heteroatoms. The van der Waals surface area contributed by atoms with E-state index in [1.165, 1.54) is 29.2 Å². The van der Waals surface area contributed by atoms with Crippen LogP contribution in [0.3, 0.4) is 0 Å². The zero-order chi connectivity index (χ0) is 18.3. The predicted octanol–water partition coefficient (Wildman–Crippen LogP) is 2.58. The van der Waals surface area contributed by atoms with E-state index in [1.807, 2.05) is 0 Å². The number of carbonyl (C=O) groups excluding carboxylic acids is 1. The molecular weight excluding hydrogens is 356 g/mol. The van der Waals surface area contributed by atoms with E-state index in [0.29, 0.717) is 17.2 Å². The second kappa shape index (κ2) is 5.88. The van der Waals surface area contributed by atoms with Crippen LogP contribution >= 0.6 is 0 Å². The van der Waals surface area contributed by atoms with Gasteiger partial charge < -0.3 is 14.6 Å². The Labute approximate surface area is 149 Å². The first-order valence-electron chi connectivity index (χ1n) is 7.65. The van der Waals surface area contributed by atoms with E-state index in [0.717, 1.165) is 0 Å². The number of anilines is 2. The second-order valence-electron chi connectivity index (χ2n) is 5.75. The van der Waals surface area contributed by atoms with Gasteiger partial charge >= 0.3 is 0 Å². The summed E-state index contributed by atoms with van der Waals surface area (Å²) < 4.78 is 34.5. The zero-order valence-corrected chi connectivity index (χ0v) is 14.4. The van der Waals surface area contributed by atoms with Crippen molar-refractivity contribution in [1.82, 2.24) is 9.55 Å². The topological polar surface area (TPSA) is 102 Å². The highest BCUT2D eigenvalue weighted by molar-refractivity contribution is 7.92.